The summed E-state index contributed by atoms with van der Waals surface area (Å²) in [7, 11) is 0. The van der Waals surface area contributed by atoms with Crippen LogP contribution in [0, 0.1) is 17.0 Å². The second kappa shape index (κ2) is 7.84. The number of anilines is 1. The van der Waals surface area contributed by atoms with Crippen molar-refractivity contribution in [2.24, 2.45) is 5.41 Å². The Hall–Kier alpha value is -2.15. The zero-order valence-electron chi connectivity index (χ0n) is 17.0. The van der Waals surface area contributed by atoms with Gasteiger partial charge in [0.25, 0.3) is 0 Å². The predicted molar refractivity (Wildman–Crippen MR) is 120 cm³/mol. The van der Waals surface area contributed by atoms with Gasteiger partial charge in [-0.1, -0.05) is 17.7 Å². The average molecular weight is 427 g/mol. The van der Waals surface area contributed by atoms with Gasteiger partial charge in [-0.2, -0.15) is 0 Å². The number of nitrogens with one attached hydrogen (secondary N) is 1. The first-order valence-electron chi connectivity index (χ1n) is 10.4. The quantitative estimate of drug-likeness (QED) is 0.585. The second-order valence-electron chi connectivity index (χ2n) is 8.40. The van der Waals surface area contributed by atoms with E-state index in [-0.39, 0.29) is 17.0 Å². The highest BCUT2D eigenvalue weighted by Gasteiger charge is 2.46. The number of hydrogen-bond donors (Lipinski definition) is 1. The van der Waals surface area contributed by atoms with E-state index in [9.17, 15) is 8.78 Å². The third kappa shape index (κ3) is 3.57. The Morgan fingerprint density at radius 2 is 1.73 bits per heavy atom. The molecule has 1 fully saturated rings. The summed E-state index contributed by atoms with van der Waals surface area (Å²) in [6.07, 6.45) is 7.49. The van der Waals surface area contributed by atoms with Crippen LogP contribution in [0.15, 0.2) is 71.5 Å². The molecule has 0 radical (unpaired) electrons. The fraction of sp³-hybridized carbons (Fsp3) is 0.333. The van der Waals surface area contributed by atoms with Crippen LogP contribution in [-0.2, 0) is 18.4 Å². The molecule has 2 aromatic carbocycles. The van der Waals surface area contributed by atoms with Crippen molar-refractivity contribution < 1.29 is 8.78 Å². The molecular formula is C24H26F2N3S+. The van der Waals surface area contributed by atoms with Gasteiger partial charge in [0.2, 0.25) is 0 Å². The summed E-state index contributed by atoms with van der Waals surface area (Å²) in [6.45, 7) is 2.87. The summed E-state index contributed by atoms with van der Waals surface area (Å²) in [5, 5.41) is 2.09. The molecule has 1 saturated heterocycles. The monoisotopic (exact) mass is 426 g/mol. The van der Waals surface area contributed by atoms with Gasteiger partial charge in [-0.05, 0) is 72.9 Å². The summed E-state index contributed by atoms with van der Waals surface area (Å²) in [5.41, 5.74) is 9.73. The van der Waals surface area contributed by atoms with E-state index in [2.05, 4.69) is 27.1 Å². The Bertz CT molecular complexity index is 1000. The van der Waals surface area contributed by atoms with Crippen LogP contribution in [0.2, 0.25) is 0 Å². The molecule has 3 nitrogen and oxygen atoms in total. The highest BCUT2D eigenvalue weighted by Crippen LogP contribution is 2.49. The first-order valence-corrected chi connectivity index (χ1v) is 11.7. The number of nitrogens with zero attached hydrogens (tertiary/aromatic N) is 2. The minimum atomic E-state index is -0.224. The normalized spacial score (nSPS) is 24.0. The number of allylic oxidation sites excluding steroid dienone is 1. The lowest BCUT2D eigenvalue weighted by molar-refractivity contribution is 0.217. The molecule has 1 unspecified atom stereocenters. The maximum atomic E-state index is 13.5. The van der Waals surface area contributed by atoms with Crippen LogP contribution in [-0.4, -0.2) is 30.2 Å². The molecule has 1 atom stereocenters. The molecule has 6 heteroatoms. The molecule has 2 aromatic rings. The molecule has 3 aliphatic rings. The van der Waals surface area contributed by atoms with Gasteiger partial charge in [0, 0.05) is 18.5 Å². The number of piperidine rings is 1. The fourth-order valence-electron chi connectivity index (χ4n) is 5.06. The van der Waals surface area contributed by atoms with Crippen molar-refractivity contribution in [3.8, 4) is 0 Å². The molecule has 0 bridgehead atoms. The maximum absolute atomic E-state index is 13.5. The van der Waals surface area contributed by atoms with Gasteiger partial charge in [-0.15, -0.1) is 4.31 Å². The van der Waals surface area contributed by atoms with E-state index >= 15 is 0 Å². The van der Waals surface area contributed by atoms with Crippen LogP contribution < -0.4 is 10.4 Å². The number of hydrazine groups is 1. The second-order valence-corrected chi connectivity index (χ2v) is 9.37. The highest BCUT2D eigenvalue weighted by atomic mass is 32.2. The Kier molecular flexibility index (Phi) is 5.17. The van der Waals surface area contributed by atoms with Gasteiger partial charge < -0.3 is 0 Å². The van der Waals surface area contributed by atoms with Crippen molar-refractivity contribution >= 4 is 17.6 Å². The van der Waals surface area contributed by atoms with Gasteiger partial charge in [0.05, 0.1) is 29.9 Å². The van der Waals surface area contributed by atoms with Gasteiger partial charge in [-0.3, -0.25) is 5.01 Å². The Morgan fingerprint density at radius 1 is 1.03 bits per heavy atom. The smallest absolute Gasteiger partial charge is 0.123 e. The number of benzene rings is 2. The Morgan fingerprint density at radius 3 is 2.43 bits per heavy atom. The highest BCUT2D eigenvalue weighted by molar-refractivity contribution is 7.75. The minimum absolute atomic E-state index is 0.0401. The lowest BCUT2D eigenvalue weighted by atomic mass is 9.65. The molecule has 2 heterocycles. The zero-order chi connectivity index (χ0) is 20.7. The van der Waals surface area contributed by atoms with Crippen LogP contribution in [0.3, 0.4) is 0 Å². The van der Waals surface area contributed by atoms with Crippen molar-refractivity contribution in [3.05, 3.63) is 88.6 Å². The largest absolute Gasteiger partial charge is 0.277 e. The Balaban J connectivity index is 1.49. The van der Waals surface area contributed by atoms with Crippen LogP contribution in [0.25, 0.3) is 0 Å². The molecule has 1 N–H and O–H groups in total. The number of thiol groups is 1. The van der Waals surface area contributed by atoms with E-state index in [1.54, 1.807) is 12.1 Å². The topological polar surface area (TPSA) is 18.5 Å². The van der Waals surface area contributed by atoms with Gasteiger partial charge in [0.15, 0.2) is 0 Å². The van der Waals surface area contributed by atoms with Crippen LogP contribution >= 0.6 is 0 Å². The SMILES string of the molecule is C[SH+]N1CCC2=CC3=C(CNN3c3ccc(F)cc3)CC2(Cc2ccc(F)cc2)C1. The maximum Gasteiger partial charge on any atom is 0.123 e. The van der Waals surface area contributed by atoms with Crippen LogP contribution in [0.4, 0.5) is 14.5 Å². The summed E-state index contributed by atoms with van der Waals surface area (Å²) in [4.78, 5) is 0. The molecule has 1 aliphatic carbocycles. The summed E-state index contributed by atoms with van der Waals surface area (Å²) >= 11 is 1.30. The molecule has 5 rings (SSSR count). The molecule has 2 aliphatic heterocycles. The number of rotatable bonds is 4. The third-order valence-electron chi connectivity index (χ3n) is 6.55. The lowest BCUT2D eigenvalue weighted by Gasteiger charge is -2.44. The first-order chi connectivity index (χ1) is 14.6. The van der Waals surface area contributed by atoms with E-state index in [1.165, 1.54) is 46.5 Å². The van der Waals surface area contributed by atoms with Gasteiger partial charge >= 0.3 is 0 Å². The lowest BCUT2D eigenvalue weighted by Crippen LogP contribution is -2.46. The number of halogens is 2. The van der Waals surface area contributed by atoms with Crippen molar-refractivity contribution in [2.45, 2.75) is 19.3 Å². The molecular weight excluding hydrogens is 400 g/mol. The van der Waals surface area contributed by atoms with E-state index in [1.807, 2.05) is 24.3 Å². The van der Waals surface area contributed by atoms with E-state index in [4.69, 9.17) is 0 Å². The van der Waals surface area contributed by atoms with E-state index < -0.39 is 0 Å². The van der Waals surface area contributed by atoms with Crippen LogP contribution in [0.5, 0.6) is 0 Å². The Labute approximate surface area is 180 Å². The molecule has 0 aromatic heterocycles. The van der Waals surface area contributed by atoms with Gasteiger partial charge in [-0.25, -0.2) is 14.2 Å². The van der Waals surface area contributed by atoms with Crippen molar-refractivity contribution in [1.29, 1.82) is 0 Å². The molecule has 30 heavy (non-hydrogen) atoms. The standard InChI is InChI=1S/C24H25F2N3S/c1-30-28-11-10-19-12-23-18(15-27-29(23)22-8-6-21(26)7-9-22)14-24(19,16-28)13-17-2-4-20(25)5-3-17/h2-9,12,27H,10-11,13-16H2,1H3/p+1. The van der Waals surface area contributed by atoms with Crippen molar-refractivity contribution in [1.82, 2.24) is 9.73 Å². The fourth-order valence-corrected chi connectivity index (χ4v) is 5.77. The third-order valence-corrected chi connectivity index (χ3v) is 7.45. The number of hydrogen-bond acceptors (Lipinski definition) is 3. The molecule has 0 spiro atoms. The van der Waals surface area contributed by atoms with Gasteiger partial charge in [0.1, 0.15) is 17.9 Å². The average Bonchev–Trinajstić information content (AvgIpc) is 3.16. The van der Waals surface area contributed by atoms with E-state index in [0.717, 1.165) is 44.6 Å². The predicted octanol–water partition coefficient (Wildman–Crippen LogP) is 4.17. The molecule has 156 valence electrons. The summed E-state index contributed by atoms with van der Waals surface area (Å²) in [6, 6.07) is 13.6. The summed E-state index contributed by atoms with van der Waals surface area (Å²) in [5.74, 6) is -0.411. The number of fused-ring (bicyclic) bond motifs is 1. The molecule has 0 amide bonds. The van der Waals surface area contributed by atoms with Crippen molar-refractivity contribution in [3.63, 3.8) is 0 Å². The van der Waals surface area contributed by atoms with E-state index in [0.29, 0.717) is 0 Å². The molecule has 0 saturated carbocycles. The minimum Gasteiger partial charge on any atom is -0.277 e. The summed E-state index contributed by atoms with van der Waals surface area (Å²) < 4.78 is 29.3. The van der Waals surface area contributed by atoms with Crippen LogP contribution in [0.1, 0.15) is 18.4 Å². The van der Waals surface area contributed by atoms with Crippen molar-refractivity contribution in [2.75, 3.05) is 30.9 Å². The zero-order valence-corrected chi connectivity index (χ0v) is 17.9. The first kappa shape index (κ1) is 19.8.